The Bertz CT molecular complexity index is 106. The molecular formula is C7H15NO2. The van der Waals surface area contributed by atoms with Crippen LogP contribution in [0.25, 0.3) is 0 Å². The fraction of sp³-hybridized carbons (Fsp3) is 1.00. The summed E-state index contributed by atoms with van der Waals surface area (Å²) in [5.74, 6) is 0. The van der Waals surface area contributed by atoms with Gasteiger partial charge in [-0.15, -0.1) is 0 Å². The molecular weight excluding hydrogens is 130 g/mol. The molecule has 3 heteroatoms. The minimum absolute atomic E-state index is 0.513. The van der Waals surface area contributed by atoms with Gasteiger partial charge in [-0.2, -0.15) is 0 Å². The molecule has 0 spiro atoms. The summed E-state index contributed by atoms with van der Waals surface area (Å²) < 4.78 is 4.97. The van der Waals surface area contributed by atoms with Gasteiger partial charge in [0.2, 0.25) is 0 Å². The first kappa shape index (κ1) is 7.98. The van der Waals surface area contributed by atoms with E-state index >= 15 is 0 Å². The van der Waals surface area contributed by atoms with E-state index in [9.17, 15) is 0 Å². The Kier molecular flexibility index (Phi) is 2.65. The first-order valence-corrected chi connectivity index (χ1v) is 3.74. The minimum Gasteiger partial charge on any atom is -0.367 e. The van der Waals surface area contributed by atoms with Gasteiger partial charge >= 0.3 is 0 Å². The lowest BCUT2D eigenvalue weighted by molar-refractivity contribution is -0.150. The molecule has 1 aliphatic rings. The van der Waals surface area contributed by atoms with Crippen molar-refractivity contribution in [3.8, 4) is 0 Å². The Labute approximate surface area is 61.6 Å². The molecule has 0 amide bonds. The van der Waals surface area contributed by atoms with Gasteiger partial charge in [0.25, 0.3) is 0 Å². The first-order chi connectivity index (χ1) is 4.70. The molecule has 1 rings (SSSR count). The van der Waals surface area contributed by atoms with E-state index in [1.165, 1.54) is 0 Å². The third kappa shape index (κ3) is 1.94. The Morgan fingerprint density at radius 2 is 2.30 bits per heavy atom. The van der Waals surface area contributed by atoms with E-state index in [0.29, 0.717) is 19.2 Å². The molecule has 1 aliphatic heterocycles. The molecule has 1 saturated heterocycles. The van der Waals surface area contributed by atoms with E-state index in [4.69, 9.17) is 9.84 Å². The van der Waals surface area contributed by atoms with Gasteiger partial charge < -0.3 is 9.84 Å². The van der Waals surface area contributed by atoms with Crippen LogP contribution in [0.2, 0.25) is 0 Å². The van der Waals surface area contributed by atoms with Crippen molar-refractivity contribution >= 4 is 0 Å². The molecule has 60 valence electrons. The van der Waals surface area contributed by atoms with E-state index in [0.717, 1.165) is 6.54 Å². The highest BCUT2D eigenvalue weighted by molar-refractivity contribution is 4.67. The second kappa shape index (κ2) is 3.32. The highest BCUT2D eigenvalue weighted by atomic mass is 16.6. The van der Waals surface area contributed by atoms with Crippen molar-refractivity contribution in [1.29, 1.82) is 0 Å². The molecule has 1 N–H and O–H groups in total. The molecule has 1 atom stereocenters. The van der Waals surface area contributed by atoms with Crippen LogP contribution in [-0.2, 0) is 4.74 Å². The summed E-state index contributed by atoms with van der Waals surface area (Å²) >= 11 is 0. The quantitative estimate of drug-likeness (QED) is 0.565. The standard InChI is InChI=1S/C7H15NO2/c1-6(2)8-3-4-10-7(9)5-8/h6-7,9H,3-5H2,1-2H3/t7-/m1/s1. The van der Waals surface area contributed by atoms with Crippen molar-refractivity contribution in [3.63, 3.8) is 0 Å². The van der Waals surface area contributed by atoms with Crippen LogP contribution in [0.3, 0.4) is 0 Å². The van der Waals surface area contributed by atoms with Crippen molar-refractivity contribution in [2.24, 2.45) is 0 Å². The summed E-state index contributed by atoms with van der Waals surface area (Å²) in [6.45, 7) is 6.49. The maximum absolute atomic E-state index is 9.06. The number of hydrogen-bond donors (Lipinski definition) is 1. The number of β-amino-alcohol motifs (C(OH)–C–C–N with tert-alkyl or cyclic N) is 1. The van der Waals surface area contributed by atoms with Gasteiger partial charge in [0.05, 0.1) is 6.61 Å². The molecule has 0 aliphatic carbocycles. The maximum atomic E-state index is 9.06. The Hall–Kier alpha value is -0.120. The smallest absolute Gasteiger partial charge is 0.167 e. The molecule has 0 aromatic carbocycles. The maximum Gasteiger partial charge on any atom is 0.167 e. The molecule has 0 unspecified atom stereocenters. The summed E-state index contributed by atoms with van der Waals surface area (Å²) in [7, 11) is 0. The molecule has 0 saturated carbocycles. The monoisotopic (exact) mass is 145 g/mol. The topological polar surface area (TPSA) is 32.7 Å². The van der Waals surface area contributed by atoms with Crippen molar-refractivity contribution < 1.29 is 9.84 Å². The highest BCUT2D eigenvalue weighted by Crippen LogP contribution is 2.05. The zero-order valence-corrected chi connectivity index (χ0v) is 6.58. The zero-order valence-electron chi connectivity index (χ0n) is 6.58. The number of rotatable bonds is 1. The summed E-state index contributed by atoms with van der Waals surface area (Å²) in [6.07, 6.45) is -0.573. The Morgan fingerprint density at radius 1 is 1.60 bits per heavy atom. The molecule has 1 heterocycles. The fourth-order valence-electron chi connectivity index (χ4n) is 1.12. The van der Waals surface area contributed by atoms with Crippen LogP contribution in [-0.4, -0.2) is 42.0 Å². The van der Waals surface area contributed by atoms with Gasteiger partial charge in [-0.25, -0.2) is 0 Å². The van der Waals surface area contributed by atoms with Gasteiger partial charge in [-0.05, 0) is 13.8 Å². The van der Waals surface area contributed by atoms with Gasteiger partial charge in [-0.1, -0.05) is 0 Å². The second-order valence-corrected chi connectivity index (χ2v) is 2.91. The lowest BCUT2D eigenvalue weighted by atomic mass is 10.3. The van der Waals surface area contributed by atoms with Gasteiger partial charge in [-0.3, -0.25) is 4.90 Å². The van der Waals surface area contributed by atoms with Crippen LogP contribution in [0.5, 0.6) is 0 Å². The summed E-state index contributed by atoms with van der Waals surface area (Å²) in [5.41, 5.74) is 0. The third-order valence-corrected chi connectivity index (χ3v) is 1.81. The first-order valence-electron chi connectivity index (χ1n) is 3.74. The van der Waals surface area contributed by atoms with E-state index in [1.807, 2.05) is 0 Å². The minimum atomic E-state index is -0.573. The number of aliphatic hydroxyl groups is 1. The number of aliphatic hydroxyl groups excluding tert-OH is 1. The Balaban J connectivity index is 2.32. The predicted molar refractivity (Wildman–Crippen MR) is 38.7 cm³/mol. The number of nitrogens with zero attached hydrogens (tertiary/aromatic N) is 1. The molecule has 0 bridgehead atoms. The van der Waals surface area contributed by atoms with Crippen LogP contribution < -0.4 is 0 Å². The van der Waals surface area contributed by atoms with Crippen molar-refractivity contribution in [3.05, 3.63) is 0 Å². The molecule has 1 fully saturated rings. The van der Waals surface area contributed by atoms with Crippen LogP contribution in [0.4, 0.5) is 0 Å². The average molecular weight is 145 g/mol. The van der Waals surface area contributed by atoms with Gasteiger partial charge in [0.1, 0.15) is 0 Å². The fourth-order valence-corrected chi connectivity index (χ4v) is 1.12. The Morgan fingerprint density at radius 3 is 2.70 bits per heavy atom. The SMILES string of the molecule is CC(C)N1CCO[C@@H](O)C1. The lowest BCUT2D eigenvalue weighted by Gasteiger charge is -2.32. The van der Waals surface area contributed by atoms with E-state index in [-0.39, 0.29) is 0 Å². The second-order valence-electron chi connectivity index (χ2n) is 2.91. The predicted octanol–water partition coefficient (Wildman–Crippen LogP) is 0.0454. The third-order valence-electron chi connectivity index (χ3n) is 1.81. The number of morpholine rings is 1. The van der Waals surface area contributed by atoms with Crippen LogP contribution in [0, 0.1) is 0 Å². The van der Waals surface area contributed by atoms with Gasteiger partial charge in [0, 0.05) is 19.1 Å². The molecule has 3 nitrogen and oxygen atoms in total. The largest absolute Gasteiger partial charge is 0.367 e. The van der Waals surface area contributed by atoms with Crippen molar-refractivity contribution in [1.82, 2.24) is 4.90 Å². The van der Waals surface area contributed by atoms with E-state index in [1.54, 1.807) is 0 Å². The molecule has 0 aromatic heterocycles. The molecule has 10 heavy (non-hydrogen) atoms. The average Bonchev–Trinajstić information content (AvgIpc) is 1.88. The van der Waals surface area contributed by atoms with E-state index in [2.05, 4.69) is 18.7 Å². The van der Waals surface area contributed by atoms with Crippen LogP contribution >= 0.6 is 0 Å². The van der Waals surface area contributed by atoms with E-state index < -0.39 is 6.29 Å². The molecule has 0 radical (unpaired) electrons. The summed E-state index contributed by atoms with van der Waals surface area (Å²) in [5, 5.41) is 9.06. The molecule has 0 aromatic rings. The normalized spacial score (nSPS) is 29.4. The number of hydrogen-bond acceptors (Lipinski definition) is 3. The number of ether oxygens (including phenoxy) is 1. The van der Waals surface area contributed by atoms with Crippen molar-refractivity contribution in [2.45, 2.75) is 26.2 Å². The van der Waals surface area contributed by atoms with Crippen LogP contribution in [0.15, 0.2) is 0 Å². The zero-order chi connectivity index (χ0) is 7.56. The van der Waals surface area contributed by atoms with Crippen molar-refractivity contribution in [2.75, 3.05) is 19.7 Å². The van der Waals surface area contributed by atoms with Gasteiger partial charge in [0.15, 0.2) is 6.29 Å². The summed E-state index contributed by atoms with van der Waals surface area (Å²) in [4.78, 5) is 2.20. The summed E-state index contributed by atoms with van der Waals surface area (Å²) in [6, 6.07) is 0.513. The highest BCUT2D eigenvalue weighted by Gasteiger charge is 2.19. The van der Waals surface area contributed by atoms with Crippen LogP contribution in [0.1, 0.15) is 13.8 Å². The lowest BCUT2D eigenvalue weighted by Crippen LogP contribution is -2.45.